The van der Waals surface area contributed by atoms with Gasteiger partial charge < -0.3 is 15.3 Å². The molecule has 0 saturated carbocycles. The Bertz CT molecular complexity index is 980. The molecular weight excluding hydrogens is 561 g/mol. The second kappa shape index (κ2) is 13.6. The number of benzene rings is 1. The van der Waals surface area contributed by atoms with Crippen molar-refractivity contribution in [1.29, 1.82) is 0 Å². The van der Waals surface area contributed by atoms with Gasteiger partial charge in [0.25, 0.3) is 0 Å². The number of rotatable bonds is 7. The molecule has 1 fully saturated rings. The van der Waals surface area contributed by atoms with Crippen LogP contribution in [0.4, 0.5) is 19.1 Å². The highest BCUT2D eigenvalue weighted by molar-refractivity contribution is 9.10. The lowest BCUT2D eigenvalue weighted by molar-refractivity contribution is -0.140. The van der Waals surface area contributed by atoms with E-state index in [0.717, 1.165) is 42.3 Å². The Hall–Kier alpha value is -1.91. The third kappa shape index (κ3) is 9.19. The van der Waals surface area contributed by atoms with Crippen LogP contribution >= 0.6 is 27.5 Å². The maximum Gasteiger partial charge on any atom is 0.416 e. The number of nitrogens with one attached hydrogen (secondary N) is 1. The van der Waals surface area contributed by atoms with Crippen LogP contribution in [0.5, 0.6) is 0 Å². The normalized spacial score (nSPS) is 20.0. The van der Waals surface area contributed by atoms with Crippen molar-refractivity contribution >= 4 is 39.4 Å². The summed E-state index contributed by atoms with van der Waals surface area (Å²) >= 11 is 9.36. The summed E-state index contributed by atoms with van der Waals surface area (Å²) in [7, 11) is 0. The third-order valence-electron chi connectivity index (χ3n) is 6.01. The molecule has 36 heavy (non-hydrogen) atoms. The molecule has 2 heterocycles. The summed E-state index contributed by atoms with van der Waals surface area (Å²) in [5, 5.41) is 11.7. The molecule has 2 N–H and O–H groups in total. The van der Waals surface area contributed by atoms with Crippen molar-refractivity contribution in [2.24, 2.45) is 5.92 Å². The number of piperidine rings is 1. The van der Waals surface area contributed by atoms with E-state index in [-0.39, 0.29) is 23.5 Å². The first-order valence-electron chi connectivity index (χ1n) is 11.9. The standard InChI is InChI=1S/C21H25BrClF3N4.C4H8O2/c1-3-17-8-19(9-18(4-2)29-17)30(20-27-10-15(22)11-28-20)12-13-5-14(21(24,25)26)7-16(23)6-13;1-3(2)4(5)6/h5-7,10-11,17-19,29H,3-4,8-9,12H2,1-2H3;3H,1-2H3,(H,5,6). The Balaban J connectivity index is 0.000000678. The predicted octanol–water partition coefficient (Wildman–Crippen LogP) is 6.95. The maximum absolute atomic E-state index is 13.3. The largest absolute Gasteiger partial charge is 0.481 e. The summed E-state index contributed by atoms with van der Waals surface area (Å²) in [4.78, 5) is 20.6. The first-order valence-corrected chi connectivity index (χ1v) is 13.1. The number of aliphatic carboxylic acids is 1. The minimum atomic E-state index is -4.45. The molecule has 0 aliphatic carbocycles. The van der Waals surface area contributed by atoms with E-state index in [4.69, 9.17) is 16.7 Å². The SMILES string of the molecule is CC(C)C(=O)O.CCC1CC(N(Cc2cc(Cl)cc(C(F)(F)F)c2)c2ncc(Br)cn2)CC(CC)N1. The number of hydrogen-bond acceptors (Lipinski definition) is 5. The van der Waals surface area contributed by atoms with E-state index in [1.165, 1.54) is 0 Å². The molecule has 11 heteroatoms. The zero-order valence-electron chi connectivity index (χ0n) is 20.8. The molecule has 3 rings (SSSR count). The second-order valence-electron chi connectivity index (χ2n) is 9.17. The van der Waals surface area contributed by atoms with E-state index < -0.39 is 17.7 Å². The van der Waals surface area contributed by atoms with Gasteiger partial charge in [-0.05, 0) is 65.4 Å². The first kappa shape index (κ1) is 30.3. The van der Waals surface area contributed by atoms with Gasteiger partial charge in [0.15, 0.2) is 0 Å². The van der Waals surface area contributed by atoms with Crippen LogP contribution < -0.4 is 10.2 Å². The van der Waals surface area contributed by atoms with Gasteiger partial charge in [0, 0.05) is 42.1 Å². The van der Waals surface area contributed by atoms with Crippen LogP contribution in [0.15, 0.2) is 35.1 Å². The molecule has 2 aromatic rings. The van der Waals surface area contributed by atoms with Gasteiger partial charge in [-0.2, -0.15) is 13.2 Å². The lowest BCUT2D eigenvalue weighted by atomic mass is 9.90. The molecule has 1 aromatic carbocycles. The van der Waals surface area contributed by atoms with E-state index >= 15 is 0 Å². The van der Waals surface area contributed by atoms with Crippen LogP contribution in [0.1, 0.15) is 64.5 Å². The fourth-order valence-electron chi connectivity index (χ4n) is 3.96. The van der Waals surface area contributed by atoms with Crippen LogP contribution in [-0.4, -0.2) is 39.2 Å². The van der Waals surface area contributed by atoms with E-state index in [1.807, 2.05) is 4.90 Å². The Morgan fingerprint density at radius 1 is 1.17 bits per heavy atom. The van der Waals surface area contributed by atoms with E-state index in [0.29, 0.717) is 23.6 Å². The third-order valence-corrected chi connectivity index (χ3v) is 6.63. The summed E-state index contributed by atoms with van der Waals surface area (Å²) in [5.74, 6) is -0.469. The van der Waals surface area contributed by atoms with Crippen molar-refractivity contribution in [1.82, 2.24) is 15.3 Å². The average Bonchev–Trinajstić information content (AvgIpc) is 2.82. The van der Waals surface area contributed by atoms with Gasteiger partial charge in [-0.15, -0.1) is 0 Å². The van der Waals surface area contributed by atoms with E-state index in [9.17, 15) is 18.0 Å². The Morgan fingerprint density at radius 3 is 2.14 bits per heavy atom. The molecule has 2 unspecified atom stereocenters. The number of carboxylic acids is 1. The quantitative estimate of drug-likeness (QED) is 0.362. The highest BCUT2D eigenvalue weighted by Gasteiger charge is 2.34. The van der Waals surface area contributed by atoms with Crippen LogP contribution in [-0.2, 0) is 17.5 Å². The van der Waals surface area contributed by atoms with Gasteiger partial charge in [-0.25, -0.2) is 9.97 Å². The maximum atomic E-state index is 13.3. The minimum absolute atomic E-state index is 0.0691. The molecule has 1 aliphatic heterocycles. The zero-order valence-corrected chi connectivity index (χ0v) is 23.2. The Kier molecular flexibility index (Phi) is 11.4. The van der Waals surface area contributed by atoms with Gasteiger partial charge in [-0.1, -0.05) is 39.3 Å². The van der Waals surface area contributed by atoms with Crippen molar-refractivity contribution in [2.45, 2.75) is 84.2 Å². The number of hydrogen-bond donors (Lipinski definition) is 2. The molecule has 0 bridgehead atoms. The van der Waals surface area contributed by atoms with Gasteiger partial charge >= 0.3 is 12.1 Å². The van der Waals surface area contributed by atoms with Crippen LogP contribution in [0.25, 0.3) is 0 Å². The minimum Gasteiger partial charge on any atom is -0.481 e. The molecule has 0 spiro atoms. The van der Waals surface area contributed by atoms with Gasteiger partial charge in [0.05, 0.1) is 16.0 Å². The molecule has 1 aliphatic rings. The monoisotopic (exact) mass is 592 g/mol. The van der Waals surface area contributed by atoms with Crippen molar-refractivity contribution in [3.63, 3.8) is 0 Å². The average molecular weight is 594 g/mol. The molecular formula is C25H33BrClF3N4O2. The fraction of sp³-hybridized carbons (Fsp3) is 0.560. The molecule has 6 nitrogen and oxygen atoms in total. The number of alkyl halides is 3. The molecule has 200 valence electrons. The van der Waals surface area contributed by atoms with Crippen LogP contribution in [0.3, 0.4) is 0 Å². The highest BCUT2D eigenvalue weighted by Crippen LogP contribution is 2.33. The Labute approximate surface area is 223 Å². The van der Waals surface area contributed by atoms with Crippen molar-refractivity contribution in [3.8, 4) is 0 Å². The summed E-state index contributed by atoms with van der Waals surface area (Å²) in [5.41, 5.74) is -0.258. The van der Waals surface area contributed by atoms with Crippen molar-refractivity contribution in [2.75, 3.05) is 4.90 Å². The Morgan fingerprint density at radius 2 is 1.69 bits per heavy atom. The number of anilines is 1. The number of carbonyl (C=O) groups is 1. The molecule has 0 amide bonds. The van der Waals surface area contributed by atoms with Crippen molar-refractivity contribution in [3.05, 3.63) is 51.2 Å². The molecule has 1 saturated heterocycles. The number of halogens is 5. The van der Waals surface area contributed by atoms with E-state index in [1.54, 1.807) is 32.3 Å². The van der Waals surface area contributed by atoms with Gasteiger partial charge in [-0.3, -0.25) is 4.79 Å². The summed E-state index contributed by atoms with van der Waals surface area (Å²) in [6.45, 7) is 7.81. The molecule has 0 radical (unpaired) electrons. The number of carboxylic acid groups (broad SMARTS) is 1. The van der Waals surface area contributed by atoms with Crippen LogP contribution in [0.2, 0.25) is 5.02 Å². The first-order chi connectivity index (χ1) is 16.8. The molecule has 2 atom stereocenters. The van der Waals surface area contributed by atoms with Crippen LogP contribution in [0, 0.1) is 5.92 Å². The van der Waals surface area contributed by atoms with E-state index in [2.05, 4.69) is 45.1 Å². The highest BCUT2D eigenvalue weighted by atomic mass is 79.9. The fourth-order valence-corrected chi connectivity index (χ4v) is 4.43. The van der Waals surface area contributed by atoms with Crippen molar-refractivity contribution < 1.29 is 23.1 Å². The van der Waals surface area contributed by atoms with Gasteiger partial charge in [0.2, 0.25) is 5.95 Å². The second-order valence-corrected chi connectivity index (χ2v) is 10.5. The predicted molar refractivity (Wildman–Crippen MR) is 139 cm³/mol. The lowest BCUT2D eigenvalue weighted by Gasteiger charge is -2.41. The lowest BCUT2D eigenvalue weighted by Crippen LogP contribution is -2.52. The topological polar surface area (TPSA) is 78.3 Å². The molecule has 1 aromatic heterocycles. The number of nitrogens with zero attached hydrogens (tertiary/aromatic N) is 3. The summed E-state index contributed by atoms with van der Waals surface area (Å²) < 4.78 is 40.6. The zero-order chi connectivity index (χ0) is 27.0. The summed E-state index contributed by atoms with van der Waals surface area (Å²) in [6, 6.07) is 4.49. The smallest absolute Gasteiger partial charge is 0.416 e. The summed E-state index contributed by atoms with van der Waals surface area (Å²) in [6.07, 6.45) is 2.58. The number of aromatic nitrogens is 2. The van der Waals surface area contributed by atoms with Gasteiger partial charge in [0.1, 0.15) is 0 Å².